The van der Waals surface area contributed by atoms with E-state index in [-0.39, 0.29) is 23.8 Å². The summed E-state index contributed by atoms with van der Waals surface area (Å²) in [6, 6.07) is 13.2. The van der Waals surface area contributed by atoms with Gasteiger partial charge in [-0.25, -0.2) is 4.79 Å². The van der Waals surface area contributed by atoms with Crippen molar-refractivity contribution in [2.45, 2.75) is 69.1 Å². The van der Waals surface area contributed by atoms with Crippen LogP contribution in [-0.2, 0) is 4.84 Å². The van der Waals surface area contributed by atoms with Crippen LogP contribution in [0.15, 0.2) is 48.5 Å². The van der Waals surface area contributed by atoms with Gasteiger partial charge in [-0.05, 0) is 87.8 Å². The van der Waals surface area contributed by atoms with Crippen LogP contribution >= 0.6 is 0 Å². The SMILES string of the molecule is COc1ccccc1NC(=O)NC1CCC2(C=C(c3ccc(OC)c(OC4CCCC4)c3)NO2)CC1. The fourth-order valence-electron chi connectivity index (χ4n) is 5.33. The number of hydrogen-bond acceptors (Lipinski definition) is 6. The molecule has 8 heteroatoms. The third kappa shape index (κ3) is 5.38. The number of nitrogens with one attached hydrogen (secondary N) is 3. The molecule has 1 spiro atoms. The van der Waals surface area contributed by atoms with E-state index in [0.29, 0.717) is 11.4 Å². The maximum Gasteiger partial charge on any atom is 0.319 e. The monoisotopic (exact) mass is 493 g/mol. The smallest absolute Gasteiger partial charge is 0.319 e. The van der Waals surface area contributed by atoms with Gasteiger partial charge >= 0.3 is 6.03 Å². The minimum atomic E-state index is -0.376. The summed E-state index contributed by atoms with van der Waals surface area (Å²) >= 11 is 0. The summed E-state index contributed by atoms with van der Waals surface area (Å²) in [7, 11) is 3.26. The van der Waals surface area contributed by atoms with Crippen molar-refractivity contribution in [3.63, 3.8) is 0 Å². The zero-order valence-corrected chi connectivity index (χ0v) is 21.0. The van der Waals surface area contributed by atoms with Crippen molar-refractivity contribution in [3.8, 4) is 17.2 Å². The molecular weight excluding hydrogens is 458 g/mol. The van der Waals surface area contributed by atoms with Crippen LogP contribution in [0.2, 0.25) is 0 Å². The molecule has 3 N–H and O–H groups in total. The molecule has 36 heavy (non-hydrogen) atoms. The predicted molar refractivity (Wildman–Crippen MR) is 138 cm³/mol. The highest BCUT2D eigenvalue weighted by atomic mass is 16.7. The second-order valence-corrected chi connectivity index (χ2v) is 9.79. The number of ether oxygens (including phenoxy) is 3. The van der Waals surface area contributed by atoms with Gasteiger partial charge in [-0.1, -0.05) is 12.1 Å². The molecule has 2 fully saturated rings. The van der Waals surface area contributed by atoms with Crippen LogP contribution in [-0.4, -0.2) is 38.0 Å². The minimum Gasteiger partial charge on any atom is -0.495 e. The summed E-state index contributed by atoms with van der Waals surface area (Å²) in [5.74, 6) is 2.16. The number of amides is 2. The second kappa shape index (κ2) is 10.7. The van der Waals surface area contributed by atoms with Crippen molar-refractivity contribution < 1.29 is 23.8 Å². The third-order valence-electron chi connectivity index (χ3n) is 7.36. The van der Waals surface area contributed by atoms with Gasteiger partial charge in [0.05, 0.1) is 31.7 Å². The fourth-order valence-corrected chi connectivity index (χ4v) is 5.33. The molecule has 2 saturated carbocycles. The van der Waals surface area contributed by atoms with E-state index < -0.39 is 0 Å². The van der Waals surface area contributed by atoms with Gasteiger partial charge in [-0.2, -0.15) is 0 Å². The Morgan fingerprint density at radius 2 is 1.72 bits per heavy atom. The Morgan fingerprint density at radius 3 is 2.47 bits per heavy atom. The number of para-hydroxylation sites is 2. The minimum absolute atomic E-state index is 0.0822. The summed E-state index contributed by atoms with van der Waals surface area (Å²) in [6.45, 7) is 0. The van der Waals surface area contributed by atoms with E-state index in [4.69, 9.17) is 19.0 Å². The molecule has 0 aromatic heterocycles. The molecular formula is C28H35N3O5. The fraction of sp³-hybridized carbons (Fsp3) is 0.464. The average Bonchev–Trinajstić information content (AvgIpc) is 3.56. The van der Waals surface area contributed by atoms with E-state index in [1.54, 1.807) is 14.2 Å². The number of carbonyl (C=O) groups is 1. The molecule has 1 heterocycles. The standard InChI is InChI=1S/C28H35N3O5/c1-33-24-10-6-5-9-22(24)30-27(32)29-20-13-15-28(16-14-20)18-23(31-36-28)19-11-12-25(34-2)26(17-19)35-21-7-3-4-8-21/h5-6,9-12,17-18,20-21,31H,3-4,7-8,13-16H2,1-2H3,(H2,29,30,32). The summed E-state index contributed by atoms with van der Waals surface area (Å²) in [5.41, 5.74) is 5.37. The van der Waals surface area contributed by atoms with Crippen LogP contribution in [0.5, 0.6) is 17.2 Å². The highest BCUT2D eigenvalue weighted by Gasteiger charge is 2.40. The molecule has 2 amide bonds. The molecule has 0 atom stereocenters. The van der Waals surface area contributed by atoms with Gasteiger partial charge in [0.15, 0.2) is 11.5 Å². The van der Waals surface area contributed by atoms with Crippen LogP contribution < -0.4 is 30.3 Å². The molecule has 0 saturated heterocycles. The zero-order chi connectivity index (χ0) is 25.0. The van der Waals surface area contributed by atoms with E-state index in [0.717, 1.165) is 61.3 Å². The Bertz CT molecular complexity index is 1100. The maximum absolute atomic E-state index is 12.6. The molecule has 8 nitrogen and oxygen atoms in total. The molecule has 0 bridgehead atoms. The van der Waals surface area contributed by atoms with Gasteiger partial charge in [0, 0.05) is 11.6 Å². The number of methoxy groups -OCH3 is 2. The number of benzene rings is 2. The number of hydrogen-bond donors (Lipinski definition) is 3. The summed E-state index contributed by atoms with van der Waals surface area (Å²) < 4.78 is 17.1. The molecule has 2 aromatic rings. The van der Waals surface area contributed by atoms with Gasteiger partial charge in [-0.15, -0.1) is 0 Å². The number of rotatable bonds is 7. The molecule has 0 radical (unpaired) electrons. The Morgan fingerprint density at radius 1 is 0.972 bits per heavy atom. The molecule has 2 aromatic carbocycles. The topological polar surface area (TPSA) is 90.1 Å². The first kappa shape index (κ1) is 24.3. The van der Waals surface area contributed by atoms with Crippen molar-refractivity contribution in [3.05, 3.63) is 54.1 Å². The van der Waals surface area contributed by atoms with Crippen molar-refractivity contribution in [1.29, 1.82) is 0 Å². The Hall–Kier alpha value is -3.39. The molecule has 1 aliphatic heterocycles. The predicted octanol–water partition coefficient (Wildman–Crippen LogP) is 5.40. The quantitative estimate of drug-likeness (QED) is 0.478. The van der Waals surface area contributed by atoms with Crippen LogP contribution in [0.4, 0.5) is 10.5 Å². The molecule has 192 valence electrons. The Balaban J connectivity index is 1.19. The van der Waals surface area contributed by atoms with Crippen LogP contribution in [0.3, 0.4) is 0 Å². The maximum atomic E-state index is 12.6. The zero-order valence-electron chi connectivity index (χ0n) is 21.0. The van der Waals surface area contributed by atoms with Crippen LogP contribution in [0, 0.1) is 0 Å². The molecule has 0 unspecified atom stereocenters. The van der Waals surface area contributed by atoms with Gasteiger partial charge in [0.1, 0.15) is 11.4 Å². The van der Waals surface area contributed by atoms with Gasteiger partial charge in [0.25, 0.3) is 0 Å². The lowest BCUT2D eigenvalue weighted by Crippen LogP contribution is -2.44. The van der Waals surface area contributed by atoms with Gasteiger partial charge in [-0.3, -0.25) is 10.3 Å². The highest BCUT2D eigenvalue weighted by Crippen LogP contribution is 2.40. The molecule has 3 aliphatic rings. The highest BCUT2D eigenvalue weighted by molar-refractivity contribution is 5.91. The third-order valence-corrected chi connectivity index (χ3v) is 7.36. The van der Waals surface area contributed by atoms with Crippen molar-refractivity contribution in [2.24, 2.45) is 0 Å². The van der Waals surface area contributed by atoms with Crippen LogP contribution in [0.1, 0.15) is 56.9 Å². The molecule has 5 rings (SSSR count). The first-order valence-corrected chi connectivity index (χ1v) is 12.8. The Labute approximate surface area is 212 Å². The van der Waals surface area contributed by atoms with E-state index in [9.17, 15) is 4.79 Å². The van der Waals surface area contributed by atoms with E-state index >= 15 is 0 Å². The number of carbonyl (C=O) groups excluding carboxylic acids is 1. The Kier molecular flexibility index (Phi) is 7.23. The van der Waals surface area contributed by atoms with Crippen molar-refractivity contribution in [2.75, 3.05) is 19.5 Å². The number of hydroxylamine groups is 1. The molecule has 2 aliphatic carbocycles. The van der Waals surface area contributed by atoms with Gasteiger partial charge in [0.2, 0.25) is 0 Å². The lowest BCUT2D eigenvalue weighted by Gasteiger charge is -2.34. The van der Waals surface area contributed by atoms with Gasteiger partial charge < -0.3 is 24.8 Å². The average molecular weight is 494 g/mol. The summed E-state index contributed by atoms with van der Waals surface area (Å²) in [5, 5.41) is 5.98. The summed E-state index contributed by atoms with van der Waals surface area (Å²) in [6.07, 6.45) is 10.3. The largest absolute Gasteiger partial charge is 0.495 e. The van der Waals surface area contributed by atoms with E-state index in [2.05, 4.69) is 22.2 Å². The van der Waals surface area contributed by atoms with E-state index in [1.807, 2.05) is 42.5 Å². The summed E-state index contributed by atoms with van der Waals surface area (Å²) in [4.78, 5) is 18.6. The lowest BCUT2D eigenvalue weighted by atomic mass is 9.81. The normalized spacial score (nSPS) is 23.6. The number of urea groups is 1. The van der Waals surface area contributed by atoms with Crippen molar-refractivity contribution >= 4 is 17.4 Å². The first-order valence-electron chi connectivity index (χ1n) is 12.8. The lowest BCUT2D eigenvalue weighted by molar-refractivity contribution is -0.0592. The van der Waals surface area contributed by atoms with Crippen molar-refractivity contribution in [1.82, 2.24) is 10.8 Å². The van der Waals surface area contributed by atoms with Crippen LogP contribution in [0.25, 0.3) is 5.70 Å². The second-order valence-electron chi connectivity index (χ2n) is 9.79. The van der Waals surface area contributed by atoms with E-state index in [1.165, 1.54) is 12.8 Å². The number of anilines is 1. The first-order chi connectivity index (χ1) is 17.6.